The van der Waals surface area contributed by atoms with Crippen molar-refractivity contribution in [3.8, 4) is 11.5 Å². The van der Waals surface area contributed by atoms with Gasteiger partial charge in [0.25, 0.3) is 0 Å². The van der Waals surface area contributed by atoms with E-state index in [-0.39, 0.29) is 11.6 Å². The average Bonchev–Trinajstić information content (AvgIpc) is 0.804. The quantitative estimate of drug-likeness (QED) is 0.0897. The number of rotatable bonds is 16. The Bertz CT molecular complexity index is 5370. The second-order valence-electron chi connectivity index (χ2n) is 32.2. The summed E-state index contributed by atoms with van der Waals surface area (Å²) in [5, 5.41) is 0. The number of carbonyl (C=O) groups excluding carboxylic acids is 2. The summed E-state index contributed by atoms with van der Waals surface area (Å²) in [6, 6.07) is 130. The van der Waals surface area contributed by atoms with Crippen LogP contribution in [0.1, 0.15) is 154 Å². The first kappa shape index (κ1) is 94.8. The Morgan fingerprint density at radius 1 is 0.210 bits per heavy atom. The zero-order valence-corrected chi connectivity index (χ0v) is 76.6. The molecule has 0 atom stereocenters. The molecule has 0 aliphatic rings. The summed E-state index contributed by atoms with van der Waals surface area (Å²) >= 11 is 1.80. The Balaban J connectivity index is 0.000000161. The molecule has 5 nitrogen and oxygen atoms in total. The van der Waals surface area contributed by atoms with Gasteiger partial charge in [-0.1, -0.05) is 404 Å². The van der Waals surface area contributed by atoms with Crippen molar-refractivity contribution in [3.05, 3.63) is 533 Å². The minimum Gasteiger partial charge on any atom is -0.457 e. The van der Waals surface area contributed by atoms with Crippen molar-refractivity contribution < 1.29 is 22.7 Å². The molecule has 0 radical (unpaired) electrons. The predicted octanol–water partition coefficient (Wildman–Crippen LogP) is 30.4. The number of ketones is 2. The molecular weight excluding hydrogens is 1550 g/mol. The average molecular weight is 1670 g/mol. The van der Waals surface area contributed by atoms with E-state index in [4.69, 9.17) is 4.74 Å². The van der Waals surface area contributed by atoms with Gasteiger partial charge < -0.3 is 4.74 Å². The summed E-state index contributed by atoms with van der Waals surface area (Å²) in [6.45, 7) is 33.0. The maximum atomic E-state index is 12.3. The molecule has 0 spiro atoms. The molecule has 16 aromatic rings. The zero-order valence-electron chi connectivity index (χ0n) is 74.9. The standard InChI is InChI=1S/2C15H14O.3C15H16.C14H14O2S.C14H14O.C14H14S/c1-11-3-7-13(8-4-11)15(16)14-9-5-12(2)6-10-14;1-11-5-3-7-13(9-11)15(16)14-8-4-6-12(2)10-14;2*1-12-3-7-14(8-4-12)11-15-9-5-13(2)6-10-15;1-12-6-8-14(9-7-12)11-15-5-3-4-13(2)10-15;1-11-3-7-13(8-4-11)17(15,16)14-9-5-12(2)6-10-14;2*1-11-3-7-13(8-4-11)15-14-9-5-12(2)6-10-14/h2*3-10H,1-2H3;3*3-10H,11H2,1-2H3;3-10H,1-2H3;2*3-10H,1-2H3. The van der Waals surface area contributed by atoms with Crippen LogP contribution in [0.4, 0.5) is 0 Å². The summed E-state index contributed by atoms with van der Waals surface area (Å²) in [4.78, 5) is 27.5. The number of sulfone groups is 1. The van der Waals surface area contributed by atoms with Crippen molar-refractivity contribution in [3.63, 3.8) is 0 Å². The van der Waals surface area contributed by atoms with Crippen molar-refractivity contribution >= 4 is 33.2 Å². The first-order valence-corrected chi connectivity index (χ1v) is 44.5. The van der Waals surface area contributed by atoms with E-state index in [0.29, 0.717) is 9.79 Å². The van der Waals surface area contributed by atoms with Gasteiger partial charge in [-0.25, -0.2) is 8.42 Å². The number of aryl methyl sites for hydroxylation is 16. The molecule has 628 valence electrons. The molecule has 0 amide bonds. The van der Waals surface area contributed by atoms with E-state index in [1.54, 1.807) is 60.3 Å². The van der Waals surface area contributed by atoms with E-state index < -0.39 is 9.84 Å². The lowest BCUT2D eigenvalue weighted by atomic mass is 10.0. The summed E-state index contributed by atoms with van der Waals surface area (Å²) in [5.74, 6) is 1.93. The van der Waals surface area contributed by atoms with E-state index in [2.05, 4.69) is 263 Å². The molecule has 16 rings (SSSR count). The Morgan fingerprint density at radius 2 is 0.419 bits per heavy atom. The third kappa shape index (κ3) is 33.4. The SMILES string of the molecule is Cc1ccc(C(=O)c2ccc(C)cc2)cc1.Cc1ccc(Cc2ccc(C)cc2)cc1.Cc1ccc(Cc2ccc(C)cc2)cc1.Cc1ccc(Cc2cccc(C)c2)cc1.Cc1ccc(Oc2ccc(C)cc2)cc1.Cc1ccc(S(=O)(=O)c2ccc(C)cc2)cc1.Cc1ccc(Sc2ccc(C)cc2)cc1.Cc1cccc(C(=O)c2cccc(C)c2)c1. The number of ether oxygens (including phenoxy) is 1. The summed E-state index contributed by atoms with van der Waals surface area (Å²) in [7, 11) is -3.37. The molecule has 0 N–H and O–H groups in total. The molecule has 7 heteroatoms. The highest BCUT2D eigenvalue weighted by Gasteiger charge is 2.17. The van der Waals surface area contributed by atoms with Gasteiger partial charge >= 0.3 is 0 Å². The molecule has 0 saturated carbocycles. The van der Waals surface area contributed by atoms with Crippen LogP contribution in [0.2, 0.25) is 0 Å². The molecule has 0 aliphatic carbocycles. The smallest absolute Gasteiger partial charge is 0.206 e. The van der Waals surface area contributed by atoms with Crippen LogP contribution < -0.4 is 4.74 Å². The van der Waals surface area contributed by atoms with Gasteiger partial charge in [-0.15, -0.1) is 0 Å². The second-order valence-corrected chi connectivity index (χ2v) is 35.3. The number of benzene rings is 16. The van der Waals surface area contributed by atoms with Crippen LogP contribution in [0.25, 0.3) is 0 Å². The van der Waals surface area contributed by atoms with E-state index >= 15 is 0 Å². The highest BCUT2D eigenvalue weighted by molar-refractivity contribution is 7.99. The Morgan fingerprint density at radius 3 is 0.677 bits per heavy atom. The van der Waals surface area contributed by atoms with Gasteiger partial charge in [0, 0.05) is 32.0 Å². The van der Waals surface area contributed by atoms with Crippen molar-refractivity contribution in [1.29, 1.82) is 0 Å². The molecule has 0 saturated heterocycles. The fraction of sp³-hybridized carbons (Fsp3) is 0.162. The third-order valence-electron chi connectivity index (χ3n) is 20.3. The predicted molar refractivity (Wildman–Crippen MR) is 524 cm³/mol. The maximum Gasteiger partial charge on any atom is 0.206 e. The lowest BCUT2D eigenvalue weighted by molar-refractivity contribution is 0.103. The van der Waals surface area contributed by atoms with E-state index in [1.165, 1.54) is 110 Å². The largest absolute Gasteiger partial charge is 0.457 e. The van der Waals surface area contributed by atoms with Crippen LogP contribution in [0.5, 0.6) is 11.5 Å². The van der Waals surface area contributed by atoms with Crippen molar-refractivity contribution in [1.82, 2.24) is 0 Å². The molecular formula is C117H118O5S2. The van der Waals surface area contributed by atoms with Gasteiger partial charge in [-0.05, 0) is 248 Å². The van der Waals surface area contributed by atoms with Gasteiger partial charge in [0.15, 0.2) is 11.6 Å². The first-order chi connectivity index (χ1) is 59.5. The minimum absolute atomic E-state index is 0.0833. The van der Waals surface area contributed by atoms with Gasteiger partial charge in [-0.3, -0.25) is 9.59 Å². The molecule has 0 aliphatic heterocycles. The molecule has 16 aromatic carbocycles. The Kier molecular flexibility index (Phi) is 37.1. The molecule has 0 unspecified atom stereocenters. The second kappa shape index (κ2) is 48.6. The van der Waals surface area contributed by atoms with Gasteiger partial charge in [-0.2, -0.15) is 0 Å². The molecule has 0 bridgehead atoms. The summed E-state index contributed by atoms with van der Waals surface area (Å²) in [5.41, 5.74) is 31.0. The summed E-state index contributed by atoms with van der Waals surface area (Å²) < 4.78 is 30.2. The summed E-state index contributed by atoms with van der Waals surface area (Å²) in [6.07, 6.45) is 3.09. The minimum atomic E-state index is -3.37. The third-order valence-corrected chi connectivity index (χ3v) is 23.1. The van der Waals surface area contributed by atoms with E-state index in [9.17, 15) is 18.0 Å². The monoisotopic (exact) mass is 1670 g/mol. The van der Waals surface area contributed by atoms with Crippen LogP contribution in [0.15, 0.2) is 408 Å². The zero-order chi connectivity index (χ0) is 88.9. The van der Waals surface area contributed by atoms with E-state index in [0.717, 1.165) is 75.3 Å². The van der Waals surface area contributed by atoms with Crippen LogP contribution in [-0.2, 0) is 29.1 Å². The van der Waals surface area contributed by atoms with Gasteiger partial charge in [0.05, 0.1) is 9.79 Å². The fourth-order valence-electron chi connectivity index (χ4n) is 12.6. The van der Waals surface area contributed by atoms with Crippen LogP contribution in [-0.4, -0.2) is 20.0 Å². The maximum absolute atomic E-state index is 12.3. The molecule has 0 aromatic heterocycles. The molecule has 0 fully saturated rings. The number of carbonyl (C=O) groups is 2. The lowest BCUT2D eigenvalue weighted by Gasteiger charge is -2.05. The van der Waals surface area contributed by atoms with Crippen molar-refractivity contribution in [2.45, 2.75) is 150 Å². The topological polar surface area (TPSA) is 77.5 Å². The highest BCUT2D eigenvalue weighted by Crippen LogP contribution is 2.29. The lowest BCUT2D eigenvalue weighted by Crippen LogP contribution is -2.01. The van der Waals surface area contributed by atoms with Crippen molar-refractivity contribution in [2.24, 2.45) is 0 Å². The van der Waals surface area contributed by atoms with Crippen LogP contribution in [0.3, 0.4) is 0 Å². The van der Waals surface area contributed by atoms with Gasteiger partial charge in [0.1, 0.15) is 11.5 Å². The van der Waals surface area contributed by atoms with Crippen LogP contribution >= 0.6 is 11.8 Å². The van der Waals surface area contributed by atoms with Crippen LogP contribution in [0, 0.1) is 111 Å². The molecule has 0 heterocycles. The number of hydrogen-bond acceptors (Lipinski definition) is 6. The number of hydrogen-bond donors (Lipinski definition) is 0. The Hall–Kier alpha value is -13.0. The Labute approximate surface area is 744 Å². The van der Waals surface area contributed by atoms with Gasteiger partial charge in [0.2, 0.25) is 9.84 Å². The first-order valence-electron chi connectivity index (χ1n) is 42.2. The van der Waals surface area contributed by atoms with E-state index in [1.807, 2.05) is 187 Å². The molecule has 124 heavy (non-hydrogen) atoms. The highest BCUT2D eigenvalue weighted by atomic mass is 32.2. The fourth-order valence-corrected chi connectivity index (χ4v) is 14.7. The van der Waals surface area contributed by atoms with Crippen molar-refractivity contribution in [2.75, 3.05) is 0 Å². The normalized spacial score (nSPS) is 10.4.